The fourth-order valence-corrected chi connectivity index (χ4v) is 4.48. The SMILES string of the molecule is [C-]#[N+]c1ccc(-c2cnnc3c2ncn3CC)cc1-c1ccc(S(=O)(=O)CC)cc1OC. The maximum absolute atomic E-state index is 12.3. The monoisotopic (exact) mass is 447 g/mol. The largest absolute Gasteiger partial charge is 0.496 e. The summed E-state index contributed by atoms with van der Waals surface area (Å²) in [5.74, 6) is 0.378. The number of fused-ring (bicyclic) bond motifs is 1. The number of hydrogen-bond acceptors (Lipinski definition) is 6. The summed E-state index contributed by atoms with van der Waals surface area (Å²) < 4.78 is 32.0. The number of rotatable bonds is 6. The van der Waals surface area contributed by atoms with E-state index in [4.69, 9.17) is 11.3 Å². The minimum atomic E-state index is -3.39. The summed E-state index contributed by atoms with van der Waals surface area (Å²) in [6.45, 7) is 11.9. The summed E-state index contributed by atoms with van der Waals surface area (Å²) in [5, 5.41) is 8.34. The quantitative estimate of drug-likeness (QED) is 0.403. The van der Waals surface area contributed by atoms with Crippen molar-refractivity contribution >= 4 is 26.7 Å². The topological polar surface area (TPSA) is 91.3 Å². The van der Waals surface area contributed by atoms with Crippen molar-refractivity contribution in [2.75, 3.05) is 12.9 Å². The van der Waals surface area contributed by atoms with Gasteiger partial charge >= 0.3 is 0 Å². The molecule has 9 heteroatoms. The molecule has 0 bridgehead atoms. The van der Waals surface area contributed by atoms with Crippen molar-refractivity contribution in [1.29, 1.82) is 0 Å². The molecule has 0 aliphatic carbocycles. The lowest BCUT2D eigenvalue weighted by Crippen LogP contribution is -2.04. The zero-order chi connectivity index (χ0) is 22.9. The van der Waals surface area contributed by atoms with Crippen molar-refractivity contribution in [2.45, 2.75) is 25.3 Å². The smallest absolute Gasteiger partial charge is 0.195 e. The highest BCUT2D eigenvalue weighted by atomic mass is 32.2. The van der Waals surface area contributed by atoms with Crippen LogP contribution in [0.25, 0.3) is 38.3 Å². The minimum Gasteiger partial charge on any atom is -0.496 e. The number of sulfone groups is 1. The van der Waals surface area contributed by atoms with E-state index < -0.39 is 9.84 Å². The Balaban J connectivity index is 1.92. The van der Waals surface area contributed by atoms with Crippen LogP contribution in [-0.4, -0.2) is 41.0 Å². The Morgan fingerprint density at radius 1 is 1.09 bits per heavy atom. The molecule has 2 aromatic heterocycles. The van der Waals surface area contributed by atoms with E-state index in [0.29, 0.717) is 28.2 Å². The van der Waals surface area contributed by atoms with Crippen LogP contribution in [0.3, 0.4) is 0 Å². The Hall–Kier alpha value is -3.77. The Morgan fingerprint density at radius 3 is 2.59 bits per heavy atom. The second kappa shape index (κ2) is 8.40. The van der Waals surface area contributed by atoms with Gasteiger partial charge < -0.3 is 9.30 Å². The van der Waals surface area contributed by atoms with Gasteiger partial charge in [0.15, 0.2) is 21.2 Å². The van der Waals surface area contributed by atoms with Gasteiger partial charge in [-0.25, -0.2) is 18.2 Å². The number of ether oxygens (including phenoxy) is 1. The summed E-state index contributed by atoms with van der Waals surface area (Å²) in [5.41, 5.74) is 4.72. The van der Waals surface area contributed by atoms with Crippen molar-refractivity contribution in [3.05, 3.63) is 60.3 Å². The molecule has 4 aromatic rings. The number of nitrogens with zero attached hydrogens (tertiary/aromatic N) is 5. The van der Waals surface area contributed by atoms with Gasteiger partial charge in [0.25, 0.3) is 0 Å². The van der Waals surface area contributed by atoms with Crippen LogP contribution in [0, 0.1) is 6.57 Å². The molecule has 0 unspecified atom stereocenters. The van der Waals surface area contributed by atoms with Crippen molar-refractivity contribution in [3.63, 3.8) is 0 Å². The first kappa shape index (κ1) is 21.5. The molecule has 8 nitrogen and oxygen atoms in total. The van der Waals surface area contributed by atoms with E-state index in [0.717, 1.165) is 23.2 Å². The molecule has 4 rings (SSSR count). The lowest BCUT2D eigenvalue weighted by atomic mass is 9.97. The summed E-state index contributed by atoms with van der Waals surface area (Å²) in [4.78, 5) is 8.34. The first-order valence-electron chi connectivity index (χ1n) is 10.0. The number of aryl methyl sites for hydroxylation is 1. The highest BCUT2D eigenvalue weighted by Crippen LogP contribution is 2.40. The van der Waals surface area contributed by atoms with Crippen LogP contribution in [0.4, 0.5) is 5.69 Å². The Kier molecular flexibility index (Phi) is 5.63. The molecule has 2 heterocycles. The minimum absolute atomic E-state index is 0.00621. The molecule has 32 heavy (non-hydrogen) atoms. The van der Waals surface area contributed by atoms with E-state index in [2.05, 4.69) is 20.0 Å². The molecule has 0 aliphatic rings. The zero-order valence-corrected chi connectivity index (χ0v) is 18.7. The van der Waals surface area contributed by atoms with Crippen LogP contribution in [0.15, 0.2) is 53.8 Å². The van der Waals surface area contributed by atoms with Crippen molar-refractivity contribution in [1.82, 2.24) is 19.7 Å². The second-order valence-electron chi connectivity index (χ2n) is 7.07. The molecule has 0 radical (unpaired) electrons. The van der Waals surface area contributed by atoms with E-state index in [1.165, 1.54) is 13.2 Å². The fraction of sp³-hybridized carbons (Fsp3) is 0.217. The molecule has 0 spiro atoms. The van der Waals surface area contributed by atoms with Crippen LogP contribution < -0.4 is 4.74 Å². The number of hydrogen-bond donors (Lipinski definition) is 0. The number of methoxy groups -OCH3 is 1. The summed E-state index contributed by atoms with van der Waals surface area (Å²) in [6.07, 6.45) is 3.38. The second-order valence-corrected chi connectivity index (χ2v) is 9.35. The van der Waals surface area contributed by atoms with Crippen LogP contribution >= 0.6 is 0 Å². The first-order valence-corrected chi connectivity index (χ1v) is 11.7. The van der Waals surface area contributed by atoms with E-state index >= 15 is 0 Å². The van der Waals surface area contributed by atoms with Crippen molar-refractivity contribution in [2.24, 2.45) is 0 Å². The molecule has 2 aromatic carbocycles. The zero-order valence-electron chi connectivity index (χ0n) is 17.9. The van der Waals surface area contributed by atoms with Gasteiger partial charge in [0.1, 0.15) is 11.3 Å². The summed E-state index contributed by atoms with van der Waals surface area (Å²) in [7, 11) is -1.91. The van der Waals surface area contributed by atoms with Gasteiger partial charge in [-0.05, 0) is 30.2 Å². The third-order valence-electron chi connectivity index (χ3n) is 5.38. The molecular weight excluding hydrogens is 426 g/mol. The molecule has 0 N–H and O–H groups in total. The standard InChI is InChI=1S/C23H21N5O3S/c1-5-28-14-25-22-19(13-26-27-23(22)28)15-7-10-20(24-3)18(11-15)17-9-8-16(12-21(17)31-4)32(29,30)6-2/h7-14H,5-6H2,1-2,4H3. The average Bonchev–Trinajstić information content (AvgIpc) is 3.26. The van der Waals surface area contributed by atoms with Crippen LogP contribution in [0.5, 0.6) is 5.75 Å². The molecule has 0 amide bonds. The fourth-order valence-electron chi connectivity index (χ4n) is 3.59. The maximum Gasteiger partial charge on any atom is 0.195 e. The molecule has 0 aliphatic heterocycles. The normalized spacial score (nSPS) is 11.4. The predicted molar refractivity (Wildman–Crippen MR) is 122 cm³/mol. The highest BCUT2D eigenvalue weighted by Gasteiger charge is 2.19. The van der Waals surface area contributed by atoms with Crippen LogP contribution in [0.1, 0.15) is 13.8 Å². The summed E-state index contributed by atoms with van der Waals surface area (Å²) >= 11 is 0. The predicted octanol–water partition coefficient (Wildman–Crippen LogP) is 4.53. The van der Waals surface area contributed by atoms with Gasteiger partial charge in [0.2, 0.25) is 0 Å². The van der Waals surface area contributed by atoms with E-state index in [1.54, 1.807) is 37.6 Å². The lowest BCUT2D eigenvalue weighted by Gasteiger charge is -2.14. The third-order valence-corrected chi connectivity index (χ3v) is 7.11. The third kappa shape index (κ3) is 3.59. The van der Waals surface area contributed by atoms with Crippen LogP contribution in [0.2, 0.25) is 0 Å². The van der Waals surface area contributed by atoms with Gasteiger partial charge in [0, 0.05) is 17.7 Å². The van der Waals surface area contributed by atoms with Crippen LogP contribution in [-0.2, 0) is 16.4 Å². The lowest BCUT2D eigenvalue weighted by molar-refractivity contribution is 0.415. The van der Waals surface area contributed by atoms with E-state index in [9.17, 15) is 8.42 Å². The average molecular weight is 448 g/mol. The van der Waals surface area contributed by atoms with Crippen molar-refractivity contribution < 1.29 is 13.2 Å². The van der Waals surface area contributed by atoms with Gasteiger partial charge in [-0.1, -0.05) is 31.2 Å². The van der Waals surface area contributed by atoms with Gasteiger partial charge in [0.05, 0.1) is 36.9 Å². The molecule has 0 fully saturated rings. The van der Waals surface area contributed by atoms with E-state index in [-0.39, 0.29) is 10.6 Å². The summed E-state index contributed by atoms with van der Waals surface area (Å²) in [6, 6.07) is 10.2. The van der Waals surface area contributed by atoms with Gasteiger partial charge in [-0.15, -0.1) is 5.10 Å². The Bertz CT molecular complexity index is 1470. The van der Waals surface area contributed by atoms with E-state index in [1.807, 2.05) is 23.6 Å². The molecule has 0 atom stereocenters. The molecule has 162 valence electrons. The van der Waals surface area contributed by atoms with Crippen molar-refractivity contribution in [3.8, 4) is 28.0 Å². The Labute approximate surface area is 186 Å². The number of benzene rings is 2. The highest BCUT2D eigenvalue weighted by molar-refractivity contribution is 7.91. The van der Waals surface area contributed by atoms with Gasteiger partial charge in [-0.3, -0.25) is 0 Å². The number of imidazole rings is 1. The van der Waals surface area contributed by atoms with Gasteiger partial charge in [-0.2, -0.15) is 5.10 Å². The number of aromatic nitrogens is 4. The maximum atomic E-state index is 12.3. The first-order chi connectivity index (χ1) is 15.4. The molecule has 0 saturated carbocycles. The molecule has 0 saturated heterocycles. The Morgan fingerprint density at radius 2 is 1.91 bits per heavy atom. The molecular formula is C23H21N5O3S.